The van der Waals surface area contributed by atoms with Crippen molar-refractivity contribution in [2.45, 2.75) is 20.3 Å². The highest BCUT2D eigenvalue weighted by Crippen LogP contribution is 2.19. The monoisotopic (exact) mass is 238 g/mol. The first-order valence-electron chi connectivity index (χ1n) is 5.22. The summed E-state index contributed by atoms with van der Waals surface area (Å²) in [6.07, 6.45) is 4.34. The van der Waals surface area contributed by atoms with Crippen LogP contribution < -0.4 is 0 Å². The van der Waals surface area contributed by atoms with Gasteiger partial charge in [-0.1, -0.05) is 13.8 Å². The number of imidazole rings is 1. The standard InChI is InChI=1S/C11H14N2O2S/c1-7(2)9(10(14)15)5-8-6-13-3-4-16-11(13)12-8/h3-4,6-7,9H,5H2,1-2H3,(H,14,15). The Morgan fingerprint density at radius 3 is 2.94 bits per heavy atom. The van der Waals surface area contributed by atoms with Crippen molar-refractivity contribution in [2.75, 3.05) is 0 Å². The van der Waals surface area contributed by atoms with Crippen molar-refractivity contribution in [2.24, 2.45) is 11.8 Å². The molecule has 0 spiro atoms. The van der Waals surface area contributed by atoms with Crippen molar-refractivity contribution in [3.8, 4) is 0 Å². The summed E-state index contributed by atoms with van der Waals surface area (Å²) in [7, 11) is 0. The molecule has 0 saturated carbocycles. The van der Waals surface area contributed by atoms with E-state index in [2.05, 4.69) is 4.98 Å². The third-order valence-electron chi connectivity index (χ3n) is 2.69. The lowest BCUT2D eigenvalue weighted by molar-refractivity contribution is -0.143. The molecule has 4 nitrogen and oxygen atoms in total. The van der Waals surface area contributed by atoms with E-state index in [0.29, 0.717) is 6.42 Å². The molecule has 0 aliphatic carbocycles. The molecule has 0 saturated heterocycles. The van der Waals surface area contributed by atoms with E-state index >= 15 is 0 Å². The van der Waals surface area contributed by atoms with Gasteiger partial charge in [-0.05, 0) is 5.92 Å². The number of aliphatic carboxylic acids is 1. The molecule has 2 aromatic heterocycles. The third-order valence-corrected chi connectivity index (χ3v) is 3.46. The van der Waals surface area contributed by atoms with Crippen LogP contribution in [0.1, 0.15) is 19.5 Å². The molecule has 1 N–H and O–H groups in total. The van der Waals surface area contributed by atoms with Crippen LogP contribution >= 0.6 is 11.3 Å². The number of nitrogens with zero attached hydrogens (tertiary/aromatic N) is 2. The first-order chi connectivity index (χ1) is 7.58. The number of thiazole rings is 1. The number of fused-ring (bicyclic) bond motifs is 1. The van der Waals surface area contributed by atoms with Crippen LogP contribution in [0.25, 0.3) is 4.96 Å². The van der Waals surface area contributed by atoms with Gasteiger partial charge in [-0.2, -0.15) is 0 Å². The topological polar surface area (TPSA) is 54.6 Å². The maximum absolute atomic E-state index is 11.1. The van der Waals surface area contributed by atoms with E-state index in [4.69, 9.17) is 5.11 Å². The van der Waals surface area contributed by atoms with E-state index in [0.717, 1.165) is 10.7 Å². The Morgan fingerprint density at radius 2 is 2.38 bits per heavy atom. The van der Waals surface area contributed by atoms with E-state index in [1.165, 1.54) is 0 Å². The van der Waals surface area contributed by atoms with Crippen molar-refractivity contribution in [3.63, 3.8) is 0 Å². The molecule has 0 bridgehead atoms. The van der Waals surface area contributed by atoms with Crippen molar-refractivity contribution in [3.05, 3.63) is 23.5 Å². The lowest BCUT2D eigenvalue weighted by Gasteiger charge is -2.14. The van der Waals surface area contributed by atoms with Crippen LogP contribution in [0.5, 0.6) is 0 Å². The second-order valence-electron chi connectivity index (χ2n) is 4.22. The molecule has 1 unspecified atom stereocenters. The third kappa shape index (κ3) is 2.09. The summed E-state index contributed by atoms with van der Waals surface area (Å²) in [6.45, 7) is 3.86. The summed E-state index contributed by atoms with van der Waals surface area (Å²) in [5, 5.41) is 11.1. The summed E-state index contributed by atoms with van der Waals surface area (Å²) in [5.41, 5.74) is 0.855. The number of hydrogen-bond acceptors (Lipinski definition) is 3. The fourth-order valence-electron chi connectivity index (χ4n) is 1.71. The maximum atomic E-state index is 11.1. The van der Waals surface area contributed by atoms with Gasteiger partial charge in [0.15, 0.2) is 4.96 Å². The minimum atomic E-state index is -0.744. The molecule has 0 aliphatic rings. The van der Waals surface area contributed by atoms with Gasteiger partial charge in [-0.25, -0.2) is 4.98 Å². The van der Waals surface area contributed by atoms with Crippen LogP contribution in [0.15, 0.2) is 17.8 Å². The zero-order valence-corrected chi connectivity index (χ0v) is 10.1. The van der Waals surface area contributed by atoms with Crippen LogP contribution in [0.4, 0.5) is 0 Å². The van der Waals surface area contributed by atoms with E-state index in [1.807, 2.05) is 36.0 Å². The van der Waals surface area contributed by atoms with Gasteiger partial charge in [0.2, 0.25) is 0 Å². The maximum Gasteiger partial charge on any atom is 0.307 e. The van der Waals surface area contributed by atoms with Gasteiger partial charge in [-0.15, -0.1) is 11.3 Å². The number of carboxylic acids is 1. The van der Waals surface area contributed by atoms with Crippen LogP contribution in [-0.4, -0.2) is 20.5 Å². The molecule has 86 valence electrons. The predicted octanol–water partition coefficient (Wildman–Crippen LogP) is 2.30. The van der Waals surface area contributed by atoms with Crippen LogP contribution in [0.2, 0.25) is 0 Å². The van der Waals surface area contributed by atoms with Gasteiger partial charge in [0.25, 0.3) is 0 Å². The van der Waals surface area contributed by atoms with Gasteiger partial charge in [-0.3, -0.25) is 9.20 Å². The zero-order valence-electron chi connectivity index (χ0n) is 9.25. The molecule has 2 aromatic rings. The van der Waals surface area contributed by atoms with Crippen molar-refractivity contribution in [1.82, 2.24) is 9.38 Å². The predicted molar refractivity (Wildman–Crippen MR) is 62.7 cm³/mol. The van der Waals surface area contributed by atoms with Gasteiger partial charge in [0.1, 0.15) is 0 Å². The minimum Gasteiger partial charge on any atom is -0.481 e. The Balaban J connectivity index is 2.19. The van der Waals surface area contributed by atoms with Crippen LogP contribution in [-0.2, 0) is 11.2 Å². The molecule has 0 amide bonds. The highest BCUT2D eigenvalue weighted by Gasteiger charge is 2.23. The minimum absolute atomic E-state index is 0.122. The van der Waals surface area contributed by atoms with Gasteiger partial charge in [0, 0.05) is 24.2 Å². The summed E-state index contributed by atoms with van der Waals surface area (Å²) in [6, 6.07) is 0. The van der Waals surface area contributed by atoms with Crippen LogP contribution in [0, 0.1) is 11.8 Å². The average Bonchev–Trinajstić information content (AvgIpc) is 2.71. The Bertz CT molecular complexity index is 472. The lowest BCUT2D eigenvalue weighted by atomic mass is 9.91. The molecule has 0 fully saturated rings. The largest absolute Gasteiger partial charge is 0.481 e. The molecule has 2 rings (SSSR count). The summed E-state index contributed by atoms with van der Waals surface area (Å²) in [5.74, 6) is -0.979. The Kier molecular flexibility index (Phi) is 2.96. The van der Waals surface area contributed by atoms with Crippen LogP contribution in [0.3, 0.4) is 0 Å². The number of rotatable bonds is 4. The average molecular weight is 238 g/mol. The normalized spacial score (nSPS) is 13.4. The van der Waals surface area contributed by atoms with Crippen molar-refractivity contribution in [1.29, 1.82) is 0 Å². The lowest BCUT2D eigenvalue weighted by Crippen LogP contribution is -2.22. The van der Waals surface area contributed by atoms with Gasteiger partial charge < -0.3 is 5.11 Å². The molecular formula is C11H14N2O2S. The molecule has 2 heterocycles. The molecule has 0 radical (unpaired) electrons. The first-order valence-corrected chi connectivity index (χ1v) is 6.09. The number of hydrogen-bond donors (Lipinski definition) is 1. The molecule has 16 heavy (non-hydrogen) atoms. The zero-order chi connectivity index (χ0) is 11.7. The molecule has 1 atom stereocenters. The molecular weight excluding hydrogens is 224 g/mol. The second-order valence-corrected chi connectivity index (χ2v) is 5.09. The Labute approximate surface area is 97.6 Å². The smallest absolute Gasteiger partial charge is 0.307 e. The second kappa shape index (κ2) is 4.25. The highest BCUT2D eigenvalue weighted by atomic mass is 32.1. The fraction of sp³-hybridized carbons (Fsp3) is 0.455. The van der Waals surface area contributed by atoms with Crippen molar-refractivity contribution >= 4 is 22.3 Å². The number of carbonyl (C=O) groups is 1. The van der Waals surface area contributed by atoms with E-state index in [9.17, 15) is 4.79 Å². The fourth-order valence-corrected chi connectivity index (χ4v) is 2.43. The SMILES string of the molecule is CC(C)C(Cc1cn2ccsc2n1)C(=O)O. The van der Waals surface area contributed by atoms with Gasteiger partial charge >= 0.3 is 5.97 Å². The quantitative estimate of drug-likeness (QED) is 0.889. The summed E-state index contributed by atoms with van der Waals surface area (Å²) in [4.78, 5) is 16.4. The van der Waals surface area contributed by atoms with E-state index < -0.39 is 5.97 Å². The van der Waals surface area contributed by atoms with Crippen molar-refractivity contribution < 1.29 is 9.90 Å². The number of aromatic nitrogens is 2. The highest BCUT2D eigenvalue weighted by molar-refractivity contribution is 7.15. The molecule has 0 aromatic carbocycles. The Morgan fingerprint density at radius 1 is 1.62 bits per heavy atom. The van der Waals surface area contributed by atoms with E-state index in [1.54, 1.807) is 11.3 Å². The molecule has 5 heteroatoms. The first kappa shape index (κ1) is 11.1. The van der Waals surface area contributed by atoms with E-state index in [-0.39, 0.29) is 11.8 Å². The Hall–Kier alpha value is -1.36. The summed E-state index contributed by atoms with van der Waals surface area (Å²) >= 11 is 1.56. The van der Waals surface area contributed by atoms with Gasteiger partial charge in [0.05, 0.1) is 11.6 Å². The molecule has 0 aliphatic heterocycles. The summed E-state index contributed by atoms with van der Waals surface area (Å²) < 4.78 is 1.93. The number of carboxylic acid groups (broad SMARTS) is 1.